The Kier molecular flexibility index (Phi) is 5.79. The molecule has 3 rings (SSSR count). The minimum absolute atomic E-state index is 0.117. The van der Waals surface area contributed by atoms with Crippen LogP contribution in [-0.2, 0) is 9.53 Å². The van der Waals surface area contributed by atoms with E-state index >= 15 is 0 Å². The van der Waals surface area contributed by atoms with Crippen molar-refractivity contribution >= 4 is 28.7 Å². The zero-order valence-electron chi connectivity index (χ0n) is 14.8. The normalized spacial score (nSPS) is 16.2. The Labute approximate surface area is 154 Å². The van der Waals surface area contributed by atoms with E-state index in [1.807, 2.05) is 0 Å². The predicted octanol–water partition coefficient (Wildman–Crippen LogP) is 2.16. The second kappa shape index (κ2) is 7.89. The third-order valence-corrected chi connectivity index (χ3v) is 5.30. The summed E-state index contributed by atoms with van der Waals surface area (Å²) in [6, 6.07) is 2.10. The Morgan fingerprint density at radius 2 is 2.04 bits per heavy atom. The molecule has 1 amide bonds. The van der Waals surface area contributed by atoms with Crippen LogP contribution >= 0.6 is 11.8 Å². The number of fused-ring (bicyclic) bond motifs is 1. The molecule has 0 atom stereocenters. The number of halogens is 2. The maximum absolute atomic E-state index is 13.2. The Hall–Kier alpha value is -1.71. The molecule has 1 aromatic heterocycles. The fourth-order valence-corrected chi connectivity index (χ4v) is 3.55. The van der Waals surface area contributed by atoms with Crippen LogP contribution in [0.3, 0.4) is 0 Å². The number of H-pyrrole nitrogens is 1. The highest BCUT2D eigenvalue weighted by Gasteiger charge is 2.28. The van der Waals surface area contributed by atoms with Gasteiger partial charge >= 0.3 is 0 Å². The van der Waals surface area contributed by atoms with E-state index in [1.165, 1.54) is 11.8 Å². The number of aromatic amines is 1. The van der Waals surface area contributed by atoms with Gasteiger partial charge in [-0.1, -0.05) is 11.8 Å². The van der Waals surface area contributed by atoms with E-state index in [1.54, 1.807) is 0 Å². The van der Waals surface area contributed by atoms with Crippen LogP contribution in [0.2, 0.25) is 0 Å². The molecule has 0 aliphatic carbocycles. The minimum Gasteiger partial charge on any atom is -0.379 e. The van der Waals surface area contributed by atoms with Crippen molar-refractivity contribution in [1.29, 1.82) is 0 Å². The van der Waals surface area contributed by atoms with Gasteiger partial charge in [0.25, 0.3) is 0 Å². The molecule has 1 aliphatic rings. The molecule has 2 N–H and O–H groups in total. The highest BCUT2D eigenvalue weighted by molar-refractivity contribution is 7.99. The van der Waals surface area contributed by atoms with Gasteiger partial charge in [0.15, 0.2) is 16.8 Å². The van der Waals surface area contributed by atoms with Crippen molar-refractivity contribution in [3.8, 4) is 0 Å². The number of aromatic nitrogens is 2. The first-order chi connectivity index (χ1) is 12.3. The van der Waals surface area contributed by atoms with Crippen LogP contribution in [0.5, 0.6) is 0 Å². The van der Waals surface area contributed by atoms with E-state index in [0.717, 1.165) is 25.2 Å². The number of thioether (sulfide) groups is 1. The standard InChI is InChI=1S/C17H22F2N4O2S/c1-17(2,23-3-5-25-6-4-23)10-20-15(24)9-26-16-21-13-7-11(18)12(19)8-14(13)22-16/h7-8H,3-6,9-10H2,1-2H3,(H,20,24)(H,21,22). The van der Waals surface area contributed by atoms with Crippen molar-refractivity contribution in [2.24, 2.45) is 0 Å². The van der Waals surface area contributed by atoms with Gasteiger partial charge in [-0.05, 0) is 13.8 Å². The Morgan fingerprint density at radius 1 is 1.35 bits per heavy atom. The second-order valence-corrected chi connectivity index (χ2v) is 7.77. The second-order valence-electron chi connectivity index (χ2n) is 6.80. The largest absolute Gasteiger partial charge is 0.379 e. The van der Waals surface area contributed by atoms with Gasteiger partial charge in [-0.15, -0.1) is 0 Å². The number of ether oxygens (including phenoxy) is 1. The zero-order chi connectivity index (χ0) is 18.7. The average Bonchev–Trinajstić information content (AvgIpc) is 3.01. The lowest BCUT2D eigenvalue weighted by Crippen LogP contribution is -2.55. The summed E-state index contributed by atoms with van der Waals surface area (Å²) in [7, 11) is 0. The molecule has 6 nitrogen and oxygen atoms in total. The highest BCUT2D eigenvalue weighted by atomic mass is 32.2. The number of nitrogens with one attached hydrogen (secondary N) is 2. The van der Waals surface area contributed by atoms with Crippen molar-refractivity contribution < 1.29 is 18.3 Å². The molecule has 2 heterocycles. The van der Waals surface area contributed by atoms with Gasteiger partial charge < -0.3 is 15.0 Å². The van der Waals surface area contributed by atoms with E-state index in [-0.39, 0.29) is 17.2 Å². The Balaban J connectivity index is 1.51. The molecule has 0 spiro atoms. The third-order valence-electron chi connectivity index (χ3n) is 4.43. The van der Waals surface area contributed by atoms with Gasteiger partial charge in [0.1, 0.15) is 0 Å². The third kappa shape index (κ3) is 4.52. The molecule has 0 bridgehead atoms. The Bertz CT molecular complexity index is 751. The van der Waals surface area contributed by atoms with Crippen LogP contribution in [0.4, 0.5) is 8.78 Å². The maximum atomic E-state index is 13.2. The SMILES string of the molecule is CC(C)(CNC(=O)CSc1nc2cc(F)c(F)cc2[nH]1)N1CCOCC1. The smallest absolute Gasteiger partial charge is 0.230 e. The monoisotopic (exact) mass is 384 g/mol. The first-order valence-electron chi connectivity index (χ1n) is 8.42. The van der Waals surface area contributed by atoms with Crippen molar-refractivity contribution in [3.63, 3.8) is 0 Å². The van der Waals surface area contributed by atoms with Gasteiger partial charge in [0, 0.05) is 37.3 Å². The number of carbonyl (C=O) groups is 1. The van der Waals surface area contributed by atoms with E-state index in [0.29, 0.717) is 35.9 Å². The summed E-state index contributed by atoms with van der Waals surface area (Å²) in [5.41, 5.74) is 0.582. The summed E-state index contributed by atoms with van der Waals surface area (Å²) in [6.07, 6.45) is 0. The molecule has 1 aromatic carbocycles. The lowest BCUT2D eigenvalue weighted by atomic mass is 10.0. The lowest BCUT2D eigenvalue weighted by Gasteiger charge is -2.40. The van der Waals surface area contributed by atoms with Crippen molar-refractivity contribution in [2.45, 2.75) is 24.5 Å². The summed E-state index contributed by atoms with van der Waals surface area (Å²) in [6.45, 7) is 7.83. The van der Waals surface area contributed by atoms with E-state index in [2.05, 4.69) is 34.0 Å². The summed E-state index contributed by atoms with van der Waals surface area (Å²) in [5, 5.41) is 3.39. The molecule has 1 fully saturated rings. The number of morpholine rings is 1. The quantitative estimate of drug-likeness (QED) is 0.747. The molecule has 26 heavy (non-hydrogen) atoms. The molecule has 1 aliphatic heterocycles. The van der Waals surface area contributed by atoms with Crippen molar-refractivity contribution in [2.75, 3.05) is 38.6 Å². The van der Waals surface area contributed by atoms with Crippen LogP contribution in [0.25, 0.3) is 11.0 Å². The Morgan fingerprint density at radius 3 is 2.77 bits per heavy atom. The topological polar surface area (TPSA) is 70.2 Å². The number of nitrogens with zero attached hydrogens (tertiary/aromatic N) is 2. The molecule has 142 valence electrons. The molecular weight excluding hydrogens is 362 g/mol. The van der Waals surface area contributed by atoms with Crippen LogP contribution in [0.15, 0.2) is 17.3 Å². The molecule has 0 saturated carbocycles. The average molecular weight is 384 g/mol. The first-order valence-corrected chi connectivity index (χ1v) is 9.41. The highest BCUT2D eigenvalue weighted by Crippen LogP contribution is 2.22. The summed E-state index contributed by atoms with van der Waals surface area (Å²) < 4.78 is 31.8. The number of rotatable bonds is 6. The summed E-state index contributed by atoms with van der Waals surface area (Å²) in [5.74, 6) is -1.82. The molecule has 0 unspecified atom stereocenters. The number of carbonyl (C=O) groups excluding carboxylic acids is 1. The number of amides is 1. The maximum Gasteiger partial charge on any atom is 0.230 e. The molecule has 2 aromatic rings. The number of hydrogen-bond donors (Lipinski definition) is 2. The van der Waals surface area contributed by atoms with Crippen LogP contribution < -0.4 is 5.32 Å². The predicted molar refractivity (Wildman–Crippen MR) is 96.2 cm³/mol. The molecule has 1 saturated heterocycles. The molecular formula is C17H22F2N4O2S. The minimum atomic E-state index is -0.941. The van der Waals surface area contributed by atoms with Gasteiger partial charge in [0.05, 0.1) is 30.0 Å². The van der Waals surface area contributed by atoms with Gasteiger partial charge in [0.2, 0.25) is 5.91 Å². The van der Waals surface area contributed by atoms with Crippen molar-refractivity contribution in [3.05, 3.63) is 23.8 Å². The summed E-state index contributed by atoms with van der Waals surface area (Å²) >= 11 is 1.19. The van der Waals surface area contributed by atoms with Gasteiger partial charge in [-0.25, -0.2) is 13.8 Å². The van der Waals surface area contributed by atoms with Crippen molar-refractivity contribution in [1.82, 2.24) is 20.2 Å². The number of benzene rings is 1. The van der Waals surface area contributed by atoms with E-state index in [9.17, 15) is 13.6 Å². The fraction of sp³-hybridized carbons (Fsp3) is 0.529. The van der Waals surface area contributed by atoms with E-state index < -0.39 is 11.6 Å². The number of hydrogen-bond acceptors (Lipinski definition) is 5. The van der Waals surface area contributed by atoms with Gasteiger partial charge in [-0.3, -0.25) is 9.69 Å². The van der Waals surface area contributed by atoms with Gasteiger partial charge in [-0.2, -0.15) is 0 Å². The van der Waals surface area contributed by atoms with Crippen LogP contribution in [0, 0.1) is 11.6 Å². The lowest BCUT2D eigenvalue weighted by molar-refractivity contribution is -0.119. The van der Waals surface area contributed by atoms with E-state index in [4.69, 9.17) is 4.74 Å². The molecule has 0 radical (unpaired) electrons. The number of imidazole rings is 1. The van der Waals surface area contributed by atoms with Crippen LogP contribution in [-0.4, -0.2) is 64.9 Å². The fourth-order valence-electron chi connectivity index (χ4n) is 2.83. The zero-order valence-corrected chi connectivity index (χ0v) is 15.6. The first kappa shape index (κ1) is 19.1. The van der Waals surface area contributed by atoms with Crippen LogP contribution in [0.1, 0.15) is 13.8 Å². The molecule has 9 heteroatoms. The summed E-state index contributed by atoms with van der Waals surface area (Å²) in [4.78, 5) is 21.5.